The van der Waals surface area contributed by atoms with Gasteiger partial charge in [0.1, 0.15) is 0 Å². The minimum atomic E-state index is 0.115. The number of benzene rings is 1. The van der Waals surface area contributed by atoms with Crippen molar-refractivity contribution < 1.29 is 4.74 Å². The van der Waals surface area contributed by atoms with E-state index in [2.05, 4.69) is 39.3 Å². The molecule has 1 N–H and O–H groups in total. The molecular formula is C14H17ClN4O. The third-order valence-corrected chi connectivity index (χ3v) is 2.94. The van der Waals surface area contributed by atoms with Gasteiger partial charge >= 0.3 is 6.01 Å². The second-order valence-electron chi connectivity index (χ2n) is 4.16. The van der Waals surface area contributed by atoms with E-state index in [1.165, 1.54) is 5.56 Å². The van der Waals surface area contributed by atoms with Crippen molar-refractivity contribution in [2.45, 2.75) is 26.3 Å². The standard InChI is InChI=1S/C14H17ClN4O/c1-3-11(10-8-6-5-7-9-10)16-13-17-12(15)18-14(19-13)20-4-2/h5-9,11H,3-4H2,1-2H3,(H,16,17,18,19). The zero-order valence-electron chi connectivity index (χ0n) is 11.5. The zero-order chi connectivity index (χ0) is 14.4. The van der Waals surface area contributed by atoms with Crippen LogP contribution in [0.25, 0.3) is 0 Å². The Balaban J connectivity index is 2.19. The lowest BCUT2D eigenvalue weighted by atomic mass is 10.1. The van der Waals surface area contributed by atoms with Gasteiger partial charge in [0, 0.05) is 0 Å². The van der Waals surface area contributed by atoms with E-state index in [1.807, 2.05) is 25.1 Å². The maximum atomic E-state index is 5.88. The first kappa shape index (κ1) is 14.5. The summed E-state index contributed by atoms with van der Waals surface area (Å²) in [5.41, 5.74) is 1.17. The smallest absolute Gasteiger partial charge is 0.322 e. The van der Waals surface area contributed by atoms with Crippen molar-refractivity contribution >= 4 is 17.5 Å². The Labute approximate surface area is 123 Å². The molecule has 1 heterocycles. The van der Waals surface area contributed by atoms with Crippen LogP contribution in [0.4, 0.5) is 5.95 Å². The summed E-state index contributed by atoms with van der Waals surface area (Å²) in [6, 6.07) is 10.5. The summed E-state index contributed by atoms with van der Waals surface area (Å²) in [5, 5.41) is 3.38. The Morgan fingerprint density at radius 1 is 1.15 bits per heavy atom. The number of halogens is 1. The molecular weight excluding hydrogens is 276 g/mol. The minimum Gasteiger partial charge on any atom is -0.464 e. The molecule has 0 saturated heterocycles. The fourth-order valence-electron chi connectivity index (χ4n) is 1.85. The summed E-state index contributed by atoms with van der Waals surface area (Å²) in [4.78, 5) is 12.2. The maximum Gasteiger partial charge on any atom is 0.322 e. The number of ether oxygens (including phenoxy) is 1. The molecule has 0 bridgehead atoms. The van der Waals surface area contributed by atoms with Gasteiger partial charge in [-0.15, -0.1) is 0 Å². The largest absolute Gasteiger partial charge is 0.464 e. The van der Waals surface area contributed by atoms with Crippen LogP contribution >= 0.6 is 11.6 Å². The third-order valence-electron chi connectivity index (χ3n) is 2.77. The van der Waals surface area contributed by atoms with Crippen molar-refractivity contribution in [3.63, 3.8) is 0 Å². The van der Waals surface area contributed by atoms with Crippen LogP contribution < -0.4 is 10.1 Å². The predicted octanol–water partition coefficient (Wildman–Crippen LogP) is 3.49. The number of nitrogens with one attached hydrogen (secondary N) is 1. The van der Waals surface area contributed by atoms with Gasteiger partial charge in [-0.2, -0.15) is 15.0 Å². The molecule has 2 aromatic rings. The summed E-state index contributed by atoms with van der Waals surface area (Å²) in [6.07, 6.45) is 0.900. The molecule has 106 valence electrons. The third kappa shape index (κ3) is 3.81. The van der Waals surface area contributed by atoms with Gasteiger partial charge in [0.05, 0.1) is 12.6 Å². The molecule has 0 aliphatic rings. The molecule has 1 unspecified atom stereocenters. The van der Waals surface area contributed by atoms with E-state index in [4.69, 9.17) is 16.3 Å². The zero-order valence-corrected chi connectivity index (χ0v) is 12.3. The van der Waals surface area contributed by atoms with Gasteiger partial charge < -0.3 is 10.1 Å². The second kappa shape index (κ2) is 7.05. The average Bonchev–Trinajstić information content (AvgIpc) is 2.45. The van der Waals surface area contributed by atoms with E-state index in [0.29, 0.717) is 12.6 Å². The highest BCUT2D eigenvalue weighted by Gasteiger charge is 2.12. The summed E-state index contributed by atoms with van der Waals surface area (Å²) in [6.45, 7) is 4.44. The van der Waals surface area contributed by atoms with Crippen LogP contribution in [-0.2, 0) is 0 Å². The van der Waals surface area contributed by atoms with Crippen LogP contribution in [-0.4, -0.2) is 21.6 Å². The van der Waals surface area contributed by atoms with E-state index in [9.17, 15) is 0 Å². The number of hydrogen-bond donors (Lipinski definition) is 1. The van der Waals surface area contributed by atoms with Crippen molar-refractivity contribution in [1.29, 1.82) is 0 Å². The van der Waals surface area contributed by atoms with E-state index < -0.39 is 0 Å². The summed E-state index contributed by atoms with van der Waals surface area (Å²) < 4.78 is 5.26. The van der Waals surface area contributed by atoms with Crippen LogP contribution in [0.3, 0.4) is 0 Å². The van der Waals surface area contributed by atoms with Gasteiger partial charge in [0.25, 0.3) is 0 Å². The van der Waals surface area contributed by atoms with Gasteiger partial charge in [0.15, 0.2) is 0 Å². The first-order valence-electron chi connectivity index (χ1n) is 6.58. The molecule has 0 aliphatic heterocycles. The van der Waals surface area contributed by atoms with Crippen LogP contribution in [0.5, 0.6) is 6.01 Å². The molecule has 2 rings (SSSR count). The Hall–Kier alpha value is -1.88. The lowest BCUT2D eigenvalue weighted by molar-refractivity contribution is 0.312. The van der Waals surface area contributed by atoms with Crippen molar-refractivity contribution in [3.8, 4) is 6.01 Å². The summed E-state index contributed by atoms with van der Waals surface area (Å²) >= 11 is 5.88. The molecule has 0 amide bonds. The number of aromatic nitrogens is 3. The highest BCUT2D eigenvalue weighted by atomic mass is 35.5. The topological polar surface area (TPSA) is 59.9 Å². The fourth-order valence-corrected chi connectivity index (χ4v) is 2.00. The monoisotopic (exact) mass is 292 g/mol. The Kier molecular flexibility index (Phi) is 5.12. The van der Waals surface area contributed by atoms with Crippen LogP contribution in [0.1, 0.15) is 31.9 Å². The molecule has 1 aromatic heterocycles. The van der Waals surface area contributed by atoms with Crippen molar-refractivity contribution in [1.82, 2.24) is 15.0 Å². The van der Waals surface area contributed by atoms with Gasteiger partial charge in [-0.05, 0) is 30.5 Å². The van der Waals surface area contributed by atoms with Gasteiger partial charge in [-0.1, -0.05) is 37.3 Å². The molecule has 6 heteroatoms. The molecule has 1 aromatic carbocycles. The van der Waals surface area contributed by atoms with Crippen molar-refractivity contribution in [2.24, 2.45) is 0 Å². The van der Waals surface area contributed by atoms with Gasteiger partial charge in [0.2, 0.25) is 11.2 Å². The molecule has 20 heavy (non-hydrogen) atoms. The highest BCUT2D eigenvalue weighted by Crippen LogP contribution is 2.21. The molecule has 0 saturated carbocycles. The molecule has 0 spiro atoms. The molecule has 1 atom stereocenters. The van der Waals surface area contributed by atoms with Crippen LogP contribution in [0.15, 0.2) is 30.3 Å². The quantitative estimate of drug-likeness (QED) is 0.883. The number of rotatable bonds is 6. The highest BCUT2D eigenvalue weighted by molar-refractivity contribution is 6.28. The van der Waals surface area contributed by atoms with E-state index in [0.717, 1.165) is 6.42 Å². The maximum absolute atomic E-state index is 5.88. The SMILES string of the molecule is CCOc1nc(Cl)nc(NC(CC)c2ccccc2)n1. The molecule has 0 fully saturated rings. The number of hydrogen-bond acceptors (Lipinski definition) is 5. The summed E-state index contributed by atoms with van der Waals surface area (Å²) in [5.74, 6) is 0.421. The molecule has 0 aliphatic carbocycles. The molecule has 5 nitrogen and oxygen atoms in total. The molecule has 0 radical (unpaired) electrons. The minimum absolute atomic E-state index is 0.115. The van der Waals surface area contributed by atoms with Crippen LogP contribution in [0.2, 0.25) is 5.28 Å². The van der Waals surface area contributed by atoms with Crippen molar-refractivity contribution in [3.05, 3.63) is 41.2 Å². The van der Waals surface area contributed by atoms with E-state index >= 15 is 0 Å². The van der Waals surface area contributed by atoms with Crippen molar-refractivity contribution in [2.75, 3.05) is 11.9 Å². The van der Waals surface area contributed by atoms with E-state index in [1.54, 1.807) is 0 Å². The lowest BCUT2D eigenvalue weighted by Gasteiger charge is -2.17. The summed E-state index contributed by atoms with van der Waals surface area (Å²) in [7, 11) is 0. The van der Waals surface area contributed by atoms with E-state index in [-0.39, 0.29) is 17.3 Å². The number of anilines is 1. The predicted molar refractivity (Wildman–Crippen MR) is 79.1 cm³/mol. The first-order chi connectivity index (χ1) is 9.72. The Bertz CT molecular complexity index is 550. The van der Waals surface area contributed by atoms with Gasteiger partial charge in [-0.25, -0.2) is 0 Å². The normalized spacial score (nSPS) is 11.9. The first-order valence-corrected chi connectivity index (χ1v) is 6.96. The fraction of sp³-hybridized carbons (Fsp3) is 0.357. The number of nitrogens with zero attached hydrogens (tertiary/aromatic N) is 3. The van der Waals surface area contributed by atoms with Gasteiger partial charge in [-0.3, -0.25) is 0 Å². The second-order valence-corrected chi connectivity index (χ2v) is 4.50. The van der Waals surface area contributed by atoms with Crippen LogP contribution in [0, 0.1) is 0 Å². The Morgan fingerprint density at radius 3 is 2.55 bits per heavy atom. The average molecular weight is 293 g/mol. The Morgan fingerprint density at radius 2 is 1.90 bits per heavy atom. The lowest BCUT2D eigenvalue weighted by Crippen LogP contribution is -2.13.